The molecule has 0 saturated carbocycles. The maximum absolute atomic E-state index is 11.9. The number of carbonyl (C=O) groups is 1. The minimum atomic E-state index is -0.367. The third-order valence-corrected chi connectivity index (χ3v) is 4.48. The zero-order valence-corrected chi connectivity index (χ0v) is 15.7. The average molecular weight is 367 g/mol. The van der Waals surface area contributed by atoms with E-state index in [9.17, 15) is 9.59 Å². The second-order valence-electron chi connectivity index (χ2n) is 6.54. The number of methoxy groups -OCH3 is 1. The first-order valence-electron chi connectivity index (χ1n) is 8.73. The molecule has 0 fully saturated rings. The Morgan fingerprint density at radius 1 is 1.11 bits per heavy atom. The van der Waals surface area contributed by atoms with Gasteiger partial charge in [-0.15, -0.1) is 0 Å². The summed E-state index contributed by atoms with van der Waals surface area (Å²) in [5.74, 6) is 0.555. The number of carbonyl (C=O) groups excluding carboxylic acids is 1. The predicted molar refractivity (Wildman–Crippen MR) is 103 cm³/mol. The molecule has 0 saturated heterocycles. The van der Waals surface area contributed by atoms with Crippen LogP contribution in [0.4, 0.5) is 0 Å². The molecule has 140 valence electrons. The van der Waals surface area contributed by atoms with Crippen LogP contribution in [0.1, 0.15) is 21.5 Å². The molecule has 0 spiro atoms. The van der Waals surface area contributed by atoms with Crippen LogP contribution in [0.3, 0.4) is 0 Å². The molecule has 0 aliphatic rings. The Kier molecular flexibility index (Phi) is 5.57. The van der Waals surface area contributed by atoms with Crippen molar-refractivity contribution in [3.63, 3.8) is 0 Å². The van der Waals surface area contributed by atoms with Crippen LogP contribution in [-0.2, 0) is 13.1 Å². The predicted octanol–water partition coefficient (Wildman–Crippen LogP) is 1.38. The fraction of sp³-hybridized carbons (Fsp3) is 0.238. The zero-order chi connectivity index (χ0) is 19.4. The maximum atomic E-state index is 11.9. The van der Waals surface area contributed by atoms with Gasteiger partial charge in [0.15, 0.2) is 0 Å². The summed E-state index contributed by atoms with van der Waals surface area (Å²) in [5.41, 5.74) is 2.85. The normalized spacial score (nSPS) is 12.0. The molecule has 0 aliphatic carbocycles. The standard InChI is InChI=1S/C21H22N2O4/c1-22-21(25)15-6-4-14(5-7-15)12-23(2)13-16-10-20(24)27-19-11-17(26-3)8-9-18(16)19/h4-11H,12-13H2,1-3H3,(H,22,25)/p+1. The molecule has 1 heterocycles. The van der Waals surface area contributed by atoms with E-state index in [1.54, 1.807) is 26.3 Å². The van der Waals surface area contributed by atoms with Crippen molar-refractivity contribution in [2.24, 2.45) is 0 Å². The number of quaternary nitrogens is 1. The van der Waals surface area contributed by atoms with Crippen LogP contribution >= 0.6 is 0 Å². The largest absolute Gasteiger partial charge is 0.497 e. The van der Waals surface area contributed by atoms with Gasteiger partial charge < -0.3 is 19.4 Å². The van der Waals surface area contributed by atoms with Gasteiger partial charge in [0.25, 0.3) is 5.91 Å². The van der Waals surface area contributed by atoms with Gasteiger partial charge in [-0.1, -0.05) is 12.1 Å². The van der Waals surface area contributed by atoms with Crippen LogP contribution < -0.4 is 20.6 Å². The lowest BCUT2D eigenvalue weighted by Gasteiger charge is -2.15. The number of benzene rings is 2. The smallest absolute Gasteiger partial charge is 0.336 e. The summed E-state index contributed by atoms with van der Waals surface area (Å²) in [6.07, 6.45) is 0. The van der Waals surface area contributed by atoms with E-state index < -0.39 is 0 Å². The highest BCUT2D eigenvalue weighted by atomic mass is 16.5. The summed E-state index contributed by atoms with van der Waals surface area (Å²) in [5, 5.41) is 3.52. The molecule has 0 bridgehead atoms. The molecule has 1 unspecified atom stereocenters. The summed E-state index contributed by atoms with van der Waals surface area (Å²) in [4.78, 5) is 24.8. The van der Waals surface area contributed by atoms with Gasteiger partial charge in [-0.2, -0.15) is 0 Å². The SMILES string of the molecule is CNC(=O)c1ccc(C[NH+](C)Cc2cc(=O)oc3cc(OC)ccc23)cc1. The highest BCUT2D eigenvalue weighted by molar-refractivity contribution is 5.93. The Hall–Kier alpha value is -3.12. The van der Waals surface area contributed by atoms with E-state index in [-0.39, 0.29) is 11.5 Å². The number of nitrogens with one attached hydrogen (secondary N) is 2. The van der Waals surface area contributed by atoms with Crippen molar-refractivity contribution in [2.45, 2.75) is 13.1 Å². The van der Waals surface area contributed by atoms with E-state index in [2.05, 4.69) is 12.4 Å². The molecule has 0 aliphatic heterocycles. The first-order valence-corrected chi connectivity index (χ1v) is 8.73. The third-order valence-electron chi connectivity index (χ3n) is 4.48. The summed E-state index contributed by atoms with van der Waals surface area (Å²) < 4.78 is 10.5. The van der Waals surface area contributed by atoms with Gasteiger partial charge in [0.2, 0.25) is 0 Å². The van der Waals surface area contributed by atoms with Crippen molar-refractivity contribution < 1.29 is 18.8 Å². The minimum absolute atomic E-state index is 0.0971. The lowest BCUT2D eigenvalue weighted by Crippen LogP contribution is -3.06. The molecular weight excluding hydrogens is 344 g/mol. The van der Waals surface area contributed by atoms with Gasteiger partial charge in [-0.3, -0.25) is 4.79 Å². The van der Waals surface area contributed by atoms with Crippen LogP contribution in [0.2, 0.25) is 0 Å². The topological polar surface area (TPSA) is 73.0 Å². The number of amides is 1. The van der Waals surface area contributed by atoms with Crippen molar-refractivity contribution in [1.82, 2.24) is 5.32 Å². The summed E-state index contributed by atoms with van der Waals surface area (Å²) in [6, 6.07) is 14.6. The number of hydrogen-bond donors (Lipinski definition) is 2. The highest BCUT2D eigenvalue weighted by Gasteiger charge is 2.12. The first-order chi connectivity index (χ1) is 13.0. The lowest BCUT2D eigenvalue weighted by atomic mass is 10.1. The van der Waals surface area contributed by atoms with Gasteiger partial charge in [0, 0.05) is 41.3 Å². The van der Waals surface area contributed by atoms with Gasteiger partial charge in [-0.05, 0) is 24.3 Å². The zero-order valence-electron chi connectivity index (χ0n) is 15.7. The van der Waals surface area contributed by atoms with Gasteiger partial charge in [0.05, 0.1) is 14.2 Å². The Morgan fingerprint density at radius 2 is 1.85 bits per heavy atom. The van der Waals surface area contributed by atoms with E-state index in [0.717, 1.165) is 23.1 Å². The number of fused-ring (bicyclic) bond motifs is 1. The molecule has 1 amide bonds. The number of hydrogen-bond acceptors (Lipinski definition) is 4. The van der Waals surface area contributed by atoms with Crippen molar-refractivity contribution in [1.29, 1.82) is 0 Å². The van der Waals surface area contributed by atoms with E-state index in [4.69, 9.17) is 9.15 Å². The minimum Gasteiger partial charge on any atom is -0.497 e. The highest BCUT2D eigenvalue weighted by Crippen LogP contribution is 2.22. The second kappa shape index (κ2) is 8.05. The molecular formula is C21H23N2O4+. The second-order valence-corrected chi connectivity index (χ2v) is 6.54. The number of ether oxygens (including phenoxy) is 1. The molecule has 6 heteroatoms. The third kappa shape index (κ3) is 4.35. The molecule has 3 rings (SSSR count). The molecule has 0 radical (unpaired) electrons. The molecule has 2 N–H and O–H groups in total. The van der Waals surface area contributed by atoms with Crippen LogP contribution in [-0.4, -0.2) is 27.1 Å². The first kappa shape index (κ1) is 18.7. The molecule has 6 nitrogen and oxygen atoms in total. The Bertz CT molecular complexity index is 1010. The van der Waals surface area contributed by atoms with Crippen molar-refractivity contribution in [2.75, 3.05) is 21.2 Å². The van der Waals surface area contributed by atoms with Crippen molar-refractivity contribution in [3.8, 4) is 5.75 Å². The van der Waals surface area contributed by atoms with E-state index in [0.29, 0.717) is 23.4 Å². The molecule has 27 heavy (non-hydrogen) atoms. The van der Waals surface area contributed by atoms with E-state index >= 15 is 0 Å². The van der Waals surface area contributed by atoms with Crippen molar-refractivity contribution in [3.05, 3.63) is 75.6 Å². The summed E-state index contributed by atoms with van der Waals surface area (Å²) in [7, 11) is 5.26. The molecule has 3 aromatic rings. The van der Waals surface area contributed by atoms with Crippen LogP contribution in [0.15, 0.2) is 57.7 Å². The maximum Gasteiger partial charge on any atom is 0.336 e. The monoisotopic (exact) mass is 367 g/mol. The lowest BCUT2D eigenvalue weighted by molar-refractivity contribution is -0.907. The van der Waals surface area contributed by atoms with Gasteiger partial charge in [0.1, 0.15) is 24.4 Å². The fourth-order valence-corrected chi connectivity index (χ4v) is 3.14. The Labute approximate surface area is 157 Å². The van der Waals surface area contributed by atoms with E-state index in [1.807, 2.05) is 36.4 Å². The fourth-order valence-electron chi connectivity index (χ4n) is 3.14. The Morgan fingerprint density at radius 3 is 2.52 bits per heavy atom. The molecule has 1 aromatic heterocycles. The van der Waals surface area contributed by atoms with Crippen LogP contribution in [0, 0.1) is 0 Å². The van der Waals surface area contributed by atoms with E-state index in [1.165, 1.54) is 4.90 Å². The molecule has 2 aromatic carbocycles. The van der Waals surface area contributed by atoms with Crippen molar-refractivity contribution >= 4 is 16.9 Å². The van der Waals surface area contributed by atoms with Gasteiger partial charge >= 0.3 is 5.63 Å². The average Bonchev–Trinajstić information content (AvgIpc) is 2.67. The summed E-state index contributed by atoms with van der Waals surface area (Å²) >= 11 is 0. The van der Waals surface area contributed by atoms with Crippen LogP contribution in [0.25, 0.3) is 11.0 Å². The number of rotatable bonds is 6. The molecule has 1 atom stereocenters. The van der Waals surface area contributed by atoms with Gasteiger partial charge in [-0.25, -0.2) is 4.79 Å². The van der Waals surface area contributed by atoms with Crippen LogP contribution in [0.5, 0.6) is 5.75 Å². The Balaban J connectivity index is 1.78. The summed E-state index contributed by atoms with van der Waals surface area (Å²) in [6.45, 7) is 1.44. The quantitative estimate of drug-likeness (QED) is 0.646.